The number of rotatable bonds is 1. The van der Waals surface area contributed by atoms with Gasteiger partial charge >= 0.3 is 0 Å². The third-order valence-corrected chi connectivity index (χ3v) is 7.40. The predicted octanol–water partition coefficient (Wildman–Crippen LogP) is 1.32. The molecule has 3 aliphatic rings. The minimum atomic E-state index is -3.18. The van der Waals surface area contributed by atoms with Gasteiger partial charge in [-0.2, -0.15) is 0 Å². The Bertz CT molecular complexity index is 1160. The van der Waals surface area contributed by atoms with E-state index < -0.39 is 9.84 Å². The zero-order valence-corrected chi connectivity index (χ0v) is 15.6. The van der Waals surface area contributed by atoms with Crippen LogP contribution in [0.15, 0.2) is 42.5 Å². The molecule has 0 saturated carbocycles. The van der Waals surface area contributed by atoms with E-state index in [1.165, 1.54) is 0 Å². The second-order valence-electron chi connectivity index (χ2n) is 6.97. The molecule has 0 radical (unpaired) electrons. The van der Waals surface area contributed by atoms with Crippen molar-refractivity contribution >= 4 is 44.4 Å². The van der Waals surface area contributed by atoms with Crippen molar-refractivity contribution in [2.45, 2.75) is 12.1 Å². The number of nitrogens with zero attached hydrogens (tertiary/aromatic N) is 1. The average molecular weight is 398 g/mol. The van der Waals surface area contributed by atoms with Gasteiger partial charge in [-0.25, -0.2) is 8.42 Å². The van der Waals surface area contributed by atoms with Crippen LogP contribution in [0, 0.1) is 0 Å². The van der Waals surface area contributed by atoms with Crippen molar-refractivity contribution in [2.75, 3.05) is 16.4 Å². The van der Waals surface area contributed by atoms with Gasteiger partial charge in [0.15, 0.2) is 26.5 Å². The molecule has 2 aromatic carbocycles. The summed E-state index contributed by atoms with van der Waals surface area (Å²) in [6, 6.07) is 11.1. The lowest BCUT2D eigenvalue weighted by atomic mass is 9.83. The Kier molecular flexibility index (Phi) is 3.36. The topological polar surface area (TPSA) is 83.6 Å². The number of benzene rings is 2. The van der Waals surface area contributed by atoms with Gasteiger partial charge in [0.25, 0.3) is 0 Å². The van der Waals surface area contributed by atoms with Crippen molar-refractivity contribution in [2.24, 2.45) is 0 Å². The van der Waals surface area contributed by atoms with Crippen LogP contribution in [0.5, 0.6) is 0 Å². The molecule has 2 aliphatic heterocycles. The van der Waals surface area contributed by atoms with Crippen LogP contribution in [0.25, 0.3) is 0 Å². The lowest BCUT2D eigenvalue weighted by Gasteiger charge is -2.28. The molecule has 27 heavy (non-hydrogen) atoms. The first kappa shape index (κ1) is 16.6. The normalized spacial score (nSPS) is 25.0. The summed E-state index contributed by atoms with van der Waals surface area (Å²) >= 11 is 5.43. The molecule has 1 aliphatic carbocycles. The molecule has 2 aromatic rings. The molecule has 2 saturated heterocycles. The molecule has 2 atom stereocenters. The van der Waals surface area contributed by atoms with Gasteiger partial charge in [-0.1, -0.05) is 36.4 Å². The predicted molar refractivity (Wildman–Crippen MR) is 104 cm³/mol. The molecule has 6 nitrogen and oxygen atoms in total. The minimum Gasteiger partial charge on any atom is -0.356 e. The maximum Gasteiger partial charge on any atom is 0.196 e. The standard InChI is InChI=1S/C19H14N2O4S2/c22-17-10-4-1-2-5-11(10)18(23)16-12(17)6-3-7-14(16)21-15-9-27(24,25)8-13(15)20-19(21)26/h1-7,13,15H,8-9H2,(H,20,26)/t13-,15-/m0/s1. The third kappa shape index (κ3) is 2.30. The quantitative estimate of drug-likeness (QED) is 0.619. The van der Waals surface area contributed by atoms with E-state index in [1.54, 1.807) is 47.4 Å². The van der Waals surface area contributed by atoms with Crippen LogP contribution in [0.3, 0.4) is 0 Å². The highest BCUT2D eigenvalue weighted by Crippen LogP contribution is 2.37. The zero-order valence-electron chi connectivity index (χ0n) is 14.0. The van der Waals surface area contributed by atoms with E-state index in [0.29, 0.717) is 27.5 Å². The van der Waals surface area contributed by atoms with Crippen LogP contribution in [0.1, 0.15) is 31.8 Å². The van der Waals surface area contributed by atoms with Gasteiger partial charge in [0.1, 0.15) is 0 Å². The number of nitrogens with one attached hydrogen (secondary N) is 1. The summed E-state index contributed by atoms with van der Waals surface area (Å²) < 4.78 is 24.1. The first-order valence-corrected chi connectivity index (χ1v) is 10.7. The van der Waals surface area contributed by atoms with Crippen molar-refractivity contribution < 1.29 is 18.0 Å². The Morgan fingerprint density at radius 3 is 2.33 bits per heavy atom. The fourth-order valence-electron chi connectivity index (χ4n) is 4.22. The van der Waals surface area contributed by atoms with Crippen molar-refractivity contribution in [3.8, 4) is 0 Å². The van der Waals surface area contributed by atoms with E-state index >= 15 is 0 Å². The molecule has 2 heterocycles. The Morgan fingerprint density at radius 2 is 1.59 bits per heavy atom. The Labute approximate surface area is 161 Å². The maximum absolute atomic E-state index is 13.2. The van der Waals surface area contributed by atoms with Gasteiger partial charge in [-0.15, -0.1) is 0 Å². The van der Waals surface area contributed by atoms with Crippen LogP contribution in [-0.2, 0) is 9.84 Å². The van der Waals surface area contributed by atoms with E-state index in [4.69, 9.17) is 12.2 Å². The molecule has 0 aromatic heterocycles. The molecule has 0 unspecified atom stereocenters. The van der Waals surface area contributed by atoms with E-state index in [-0.39, 0.29) is 40.7 Å². The molecule has 5 rings (SSSR count). The van der Waals surface area contributed by atoms with Crippen LogP contribution in [0.4, 0.5) is 5.69 Å². The zero-order chi connectivity index (χ0) is 18.9. The van der Waals surface area contributed by atoms with Crippen molar-refractivity contribution in [1.29, 1.82) is 0 Å². The molecule has 0 spiro atoms. The van der Waals surface area contributed by atoms with Crippen molar-refractivity contribution in [3.63, 3.8) is 0 Å². The van der Waals surface area contributed by atoms with Crippen LogP contribution in [-0.4, -0.2) is 48.7 Å². The highest BCUT2D eigenvalue weighted by Gasteiger charge is 2.49. The lowest BCUT2D eigenvalue weighted by Crippen LogP contribution is -2.38. The molecule has 0 amide bonds. The number of fused-ring (bicyclic) bond motifs is 3. The number of thiocarbonyl (C=S) groups is 1. The van der Waals surface area contributed by atoms with Crippen LogP contribution < -0.4 is 10.2 Å². The van der Waals surface area contributed by atoms with Gasteiger partial charge in [0.2, 0.25) is 0 Å². The van der Waals surface area contributed by atoms with E-state index in [9.17, 15) is 18.0 Å². The van der Waals surface area contributed by atoms with Gasteiger partial charge in [0, 0.05) is 16.7 Å². The monoisotopic (exact) mass is 398 g/mol. The fourth-order valence-corrected chi connectivity index (χ4v) is 6.49. The van der Waals surface area contributed by atoms with E-state index in [0.717, 1.165) is 0 Å². The Balaban J connectivity index is 1.69. The molecular formula is C19H14N2O4S2. The van der Waals surface area contributed by atoms with Gasteiger partial charge in [0.05, 0.1) is 34.8 Å². The summed E-state index contributed by atoms with van der Waals surface area (Å²) in [5.74, 6) is -0.481. The van der Waals surface area contributed by atoms with E-state index in [1.807, 2.05) is 0 Å². The summed E-state index contributed by atoms with van der Waals surface area (Å²) in [4.78, 5) is 27.8. The van der Waals surface area contributed by atoms with Crippen LogP contribution >= 0.6 is 12.2 Å². The number of carbonyl (C=O) groups is 2. The van der Waals surface area contributed by atoms with Crippen molar-refractivity contribution in [1.82, 2.24) is 5.32 Å². The number of ketones is 2. The van der Waals surface area contributed by atoms with Crippen LogP contribution in [0.2, 0.25) is 0 Å². The van der Waals surface area contributed by atoms with E-state index in [2.05, 4.69) is 5.32 Å². The third-order valence-electron chi connectivity index (χ3n) is 5.37. The second-order valence-corrected chi connectivity index (χ2v) is 9.51. The molecule has 136 valence electrons. The molecule has 1 N–H and O–H groups in total. The molecule has 0 bridgehead atoms. The first-order chi connectivity index (χ1) is 12.9. The average Bonchev–Trinajstić information content (AvgIpc) is 3.08. The highest BCUT2D eigenvalue weighted by molar-refractivity contribution is 7.91. The summed E-state index contributed by atoms with van der Waals surface area (Å²) in [6.45, 7) is 0. The Morgan fingerprint density at radius 1 is 0.926 bits per heavy atom. The number of sulfone groups is 1. The summed E-state index contributed by atoms with van der Waals surface area (Å²) in [5, 5.41) is 3.44. The van der Waals surface area contributed by atoms with Crippen molar-refractivity contribution in [3.05, 3.63) is 64.7 Å². The number of hydrogen-bond acceptors (Lipinski definition) is 5. The molecule has 8 heteroatoms. The number of anilines is 1. The summed E-state index contributed by atoms with van der Waals surface area (Å²) in [5.41, 5.74) is 1.84. The van der Waals surface area contributed by atoms with Gasteiger partial charge in [-0.3, -0.25) is 9.59 Å². The first-order valence-electron chi connectivity index (χ1n) is 8.49. The largest absolute Gasteiger partial charge is 0.356 e. The van der Waals surface area contributed by atoms with Gasteiger partial charge < -0.3 is 10.2 Å². The number of carbonyl (C=O) groups excluding carboxylic acids is 2. The minimum absolute atomic E-state index is 0.0129. The molecule has 2 fully saturated rings. The summed E-state index contributed by atoms with van der Waals surface area (Å²) in [6.07, 6.45) is 0. The molecular weight excluding hydrogens is 384 g/mol. The fraction of sp³-hybridized carbons (Fsp3) is 0.211. The summed E-state index contributed by atoms with van der Waals surface area (Å²) in [7, 11) is -3.18. The second kappa shape index (κ2) is 5.46. The van der Waals surface area contributed by atoms with Gasteiger partial charge in [-0.05, 0) is 18.3 Å². The maximum atomic E-state index is 13.2. The Hall–Kier alpha value is -2.58. The smallest absolute Gasteiger partial charge is 0.196 e. The lowest BCUT2D eigenvalue weighted by molar-refractivity contribution is 0.0979. The number of hydrogen-bond donors (Lipinski definition) is 1. The highest BCUT2D eigenvalue weighted by atomic mass is 32.2. The SMILES string of the molecule is O=C1c2ccccc2C(=O)c2c1cccc2N1C(=S)N[C@H]2CS(=O)(=O)C[C@@H]21.